The van der Waals surface area contributed by atoms with Gasteiger partial charge in [-0.15, -0.1) is 0 Å². The Labute approximate surface area is 99.2 Å². The van der Waals surface area contributed by atoms with Crippen LogP contribution in [0.15, 0.2) is 29.4 Å². The molecular formula is C11H13ClN4. The SMILES string of the molecule is CC1CC(c2ccccc2Cl)=NN1C(=N)N. The molecule has 1 aromatic carbocycles. The second kappa shape index (κ2) is 4.14. The van der Waals surface area contributed by atoms with Gasteiger partial charge in [0, 0.05) is 17.0 Å². The predicted octanol–water partition coefficient (Wildman–Crippen LogP) is 2.03. The molecule has 0 aliphatic carbocycles. The van der Waals surface area contributed by atoms with Gasteiger partial charge in [0.05, 0.1) is 11.8 Å². The van der Waals surface area contributed by atoms with Crippen LogP contribution in [-0.2, 0) is 0 Å². The minimum Gasteiger partial charge on any atom is -0.369 e. The molecule has 0 aromatic heterocycles. The van der Waals surface area contributed by atoms with E-state index in [0.29, 0.717) is 5.02 Å². The summed E-state index contributed by atoms with van der Waals surface area (Å²) in [6.07, 6.45) is 0.753. The summed E-state index contributed by atoms with van der Waals surface area (Å²) in [6.45, 7) is 1.98. The van der Waals surface area contributed by atoms with E-state index in [1.54, 1.807) is 0 Å². The average Bonchev–Trinajstić information content (AvgIpc) is 2.61. The number of guanidine groups is 1. The second-order valence-electron chi connectivity index (χ2n) is 3.81. The fourth-order valence-electron chi connectivity index (χ4n) is 1.79. The lowest BCUT2D eigenvalue weighted by atomic mass is 10.1. The summed E-state index contributed by atoms with van der Waals surface area (Å²) in [5.41, 5.74) is 7.23. The number of nitrogens with two attached hydrogens (primary N) is 1. The van der Waals surface area contributed by atoms with E-state index in [0.717, 1.165) is 17.7 Å². The van der Waals surface area contributed by atoms with Crippen molar-refractivity contribution in [3.05, 3.63) is 34.9 Å². The van der Waals surface area contributed by atoms with E-state index in [-0.39, 0.29) is 12.0 Å². The van der Waals surface area contributed by atoms with Crippen molar-refractivity contribution in [2.24, 2.45) is 10.8 Å². The zero-order chi connectivity index (χ0) is 11.7. The highest BCUT2D eigenvalue weighted by atomic mass is 35.5. The Bertz CT molecular complexity index is 455. The van der Waals surface area contributed by atoms with E-state index in [4.69, 9.17) is 22.7 Å². The van der Waals surface area contributed by atoms with Gasteiger partial charge in [-0.25, -0.2) is 5.01 Å². The number of hydrazone groups is 1. The first-order chi connectivity index (χ1) is 7.59. The third kappa shape index (κ3) is 1.88. The first-order valence-electron chi connectivity index (χ1n) is 5.05. The van der Waals surface area contributed by atoms with Gasteiger partial charge >= 0.3 is 0 Å². The van der Waals surface area contributed by atoms with Crippen molar-refractivity contribution in [3.8, 4) is 0 Å². The number of hydrogen-bond donors (Lipinski definition) is 2. The van der Waals surface area contributed by atoms with Crippen LogP contribution in [-0.4, -0.2) is 22.7 Å². The summed E-state index contributed by atoms with van der Waals surface area (Å²) >= 11 is 6.10. The van der Waals surface area contributed by atoms with Crippen LogP contribution >= 0.6 is 11.6 Å². The molecule has 1 unspecified atom stereocenters. The zero-order valence-corrected chi connectivity index (χ0v) is 9.70. The fourth-order valence-corrected chi connectivity index (χ4v) is 2.03. The molecule has 2 rings (SSSR count). The summed E-state index contributed by atoms with van der Waals surface area (Å²) in [6, 6.07) is 7.68. The van der Waals surface area contributed by atoms with E-state index in [9.17, 15) is 0 Å². The van der Waals surface area contributed by atoms with Crippen molar-refractivity contribution in [2.75, 3.05) is 0 Å². The summed E-state index contributed by atoms with van der Waals surface area (Å²) in [4.78, 5) is 0. The van der Waals surface area contributed by atoms with Crippen LogP contribution in [0.4, 0.5) is 0 Å². The topological polar surface area (TPSA) is 65.5 Å². The number of nitrogens with zero attached hydrogens (tertiary/aromatic N) is 2. The van der Waals surface area contributed by atoms with Crippen molar-refractivity contribution >= 4 is 23.3 Å². The first-order valence-corrected chi connectivity index (χ1v) is 5.43. The highest BCUT2D eigenvalue weighted by Crippen LogP contribution is 2.24. The quantitative estimate of drug-likeness (QED) is 0.579. The second-order valence-corrected chi connectivity index (χ2v) is 4.22. The number of nitrogens with one attached hydrogen (secondary N) is 1. The van der Waals surface area contributed by atoms with Gasteiger partial charge in [0.15, 0.2) is 0 Å². The molecule has 0 spiro atoms. The molecule has 1 aliphatic rings. The van der Waals surface area contributed by atoms with Crippen molar-refractivity contribution in [1.29, 1.82) is 5.41 Å². The largest absolute Gasteiger partial charge is 0.369 e. The monoisotopic (exact) mass is 236 g/mol. The number of benzene rings is 1. The Balaban J connectivity index is 2.34. The molecule has 1 heterocycles. The van der Waals surface area contributed by atoms with Gasteiger partial charge in [-0.1, -0.05) is 29.8 Å². The van der Waals surface area contributed by atoms with Crippen molar-refractivity contribution in [1.82, 2.24) is 5.01 Å². The molecule has 0 bridgehead atoms. The Morgan fingerprint density at radius 1 is 1.56 bits per heavy atom. The molecule has 5 heteroatoms. The van der Waals surface area contributed by atoms with Crippen LogP contribution in [0.25, 0.3) is 0 Å². The Kier molecular flexibility index (Phi) is 2.83. The Morgan fingerprint density at radius 2 is 2.25 bits per heavy atom. The molecule has 1 atom stereocenters. The minimum atomic E-state index is -0.0328. The van der Waals surface area contributed by atoms with E-state index in [1.807, 2.05) is 31.2 Å². The molecule has 0 radical (unpaired) electrons. The normalized spacial score (nSPS) is 19.8. The van der Waals surface area contributed by atoms with Crippen LogP contribution in [0, 0.1) is 5.41 Å². The van der Waals surface area contributed by atoms with Gasteiger partial charge in [-0.3, -0.25) is 5.41 Å². The molecule has 0 saturated carbocycles. The van der Waals surface area contributed by atoms with Gasteiger partial charge in [-0.2, -0.15) is 5.10 Å². The van der Waals surface area contributed by atoms with E-state index >= 15 is 0 Å². The molecular weight excluding hydrogens is 224 g/mol. The van der Waals surface area contributed by atoms with Crippen molar-refractivity contribution in [3.63, 3.8) is 0 Å². The summed E-state index contributed by atoms with van der Waals surface area (Å²) in [7, 11) is 0. The summed E-state index contributed by atoms with van der Waals surface area (Å²) in [5.74, 6) is -0.0328. The van der Waals surface area contributed by atoms with Gasteiger partial charge in [0.2, 0.25) is 5.96 Å². The molecule has 1 aliphatic heterocycles. The third-order valence-corrected chi connectivity index (χ3v) is 2.90. The van der Waals surface area contributed by atoms with E-state index in [1.165, 1.54) is 5.01 Å². The molecule has 0 fully saturated rings. The van der Waals surface area contributed by atoms with Gasteiger partial charge < -0.3 is 5.73 Å². The molecule has 3 N–H and O–H groups in total. The standard InChI is InChI=1S/C11H13ClN4/c1-7-6-10(15-16(7)11(13)14)8-4-2-3-5-9(8)12/h2-5,7H,6H2,1H3,(H3,13,14). The Morgan fingerprint density at radius 3 is 2.81 bits per heavy atom. The fraction of sp³-hybridized carbons (Fsp3) is 0.273. The maximum atomic E-state index is 7.39. The Hall–Kier alpha value is -1.55. The van der Waals surface area contributed by atoms with Gasteiger partial charge in [0.1, 0.15) is 0 Å². The zero-order valence-electron chi connectivity index (χ0n) is 8.94. The van der Waals surface area contributed by atoms with E-state index in [2.05, 4.69) is 5.10 Å². The lowest BCUT2D eigenvalue weighted by Crippen LogP contribution is -2.35. The van der Waals surface area contributed by atoms with Crippen LogP contribution < -0.4 is 5.73 Å². The summed E-state index contributed by atoms with van der Waals surface area (Å²) in [5, 5.41) is 13.9. The highest BCUT2D eigenvalue weighted by Gasteiger charge is 2.26. The number of rotatable bonds is 1. The maximum absolute atomic E-state index is 7.39. The van der Waals surface area contributed by atoms with Crippen LogP contribution in [0.1, 0.15) is 18.9 Å². The number of halogens is 1. The molecule has 84 valence electrons. The van der Waals surface area contributed by atoms with Gasteiger partial charge in [-0.05, 0) is 13.0 Å². The number of hydrogen-bond acceptors (Lipinski definition) is 2. The molecule has 0 saturated heterocycles. The van der Waals surface area contributed by atoms with Crippen LogP contribution in [0.3, 0.4) is 0 Å². The lowest BCUT2D eigenvalue weighted by Gasteiger charge is -2.16. The predicted molar refractivity (Wildman–Crippen MR) is 65.8 cm³/mol. The maximum Gasteiger partial charge on any atom is 0.209 e. The minimum absolute atomic E-state index is 0.0328. The smallest absolute Gasteiger partial charge is 0.209 e. The third-order valence-electron chi connectivity index (χ3n) is 2.57. The van der Waals surface area contributed by atoms with Crippen molar-refractivity contribution < 1.29 is 0 Å². The molecule has 4 nitrogen and oxygen atoms in total. The highest BCUT2D eigenvalue weighted by molar-refractivity contribution is 6.34. The molecule has 16 heavy (non-hydrogen) atoms. The lowest BCUT2D eigenvalue weighted by molar-refractivity contribution is 0.378. The average molecular weight is 237 g/mol. The van der Waals surface area contributed by atoms with Gasteiger partial charge in [0.25, 0.3) is 0 Å². The molecule has 1 aromatic rings. The van der Waals surface area contributed by atoms with E-state index < -0.39 is 0 Å². The van der Waals surface area contributed by atoms with Crippen molar-refractivity contribution in [2.45, 2.75) is 19.4 Å². The molecule has 0 amide bonds. The van der Waals surface area contributed by atoms with Crippen LogP contribution in [0.5, 0.6) is 0 Å². The van der Waals surface area contributed by atoms with Crippen LogP contribution in [0.2, 0.25) is 5.02 Å². The first kappa shape index (κ1) is 11.0. The summed E-state index contributed by atoms with van der Waals surface area (Å²) < 4.78 is 0.